The zero-order chi connectivity index (χ0) is 15.0. The maximum atomic E-state index is 13.1. The molecule has 0 radical (unpaired) electrons. The third kappa shape index (κ3) is 2.69. The van der Waals surface area contributed by atoms with Crippen LogP contribution in [0.1, 0.15) is 11.6 Å². The van der Waals surface area contributed by atoms with Gasteiger partial charge in [-0.2, -0.15) is 0 Å². The number of benzene rings is 2. The number of nitrogens with zero attached hydrogens (tertiary/aromatic N) is 2. The average Bonchev–Trinajstić information content (AvgIpc) is 2.85. The number of hydrogen-bond acceptors (Lipinski definition) is 3. The first-order chi connectivity index (χ1) is 10.1. The molecule has 0 fully saturated rings. The standard InChI is InChI=1S/C15H12Cl2FN3/c16-12-6-1-9(7-13(12)17)14-8-20-15(19)21(14)11-4-2-10(18)3-5-11/h1-7,14H,8H2,(H2,19,20). The Morgan fingerprint density at radius 2 is 1.81 bits per heavy atom. The molecular weight excluding hydrogens is 312 g/mol. The molecule has 0 bridgehead atoms. The average molecular weight is 324 g/mol. The van der Waals surface area contributed by atoms with Crippen molar-refractivity contribution in [1.29, 1.82) is 0 Å². The predicted molar refractivity (Wildman–Crippen MR) is 84.6 cm³/mol. The van der Waals surface area contributed by atoms with Gasteiger partial charge in [-0.25, -0.2) is 4.39 Å². The Morgan fingerprint density at radius 1 is 1.10 bits per heavy atom. The van der Waals surface area contributed by atoms with Crippen molar-refractivity contribution in [2.75, 3.05) is 11.4 Å². The lowest BCUT2D eigenvalue weighted by molar-refractivity contribution is 0.627. The Kier molecular flexibility index (Phi) is 3.74. The van der Waals surface area contributed by atoms with E-state index in [4.69, 9.17) is 28.9 Å². The summed E-state index contributed by atoms with van der Waals surface area (Å²) >= 11 is 12.0. The van der Waals surface area contributed by atoms with Gasteiger partial charge in [-0.15, -0.1) is 0 Å². The summed E-state index contributed by atoms with van der Waals surface area (Å²) in [5, 5.41) is 0.985. The van der Waals surface area contributed by atoms with Crippen LogP contribution in [0.2, 0.25) is 10.0 Å². The van der Waals surface area contributed by atoms with Crippen LogP contribution < -0.4 is 10.6 Å². The molecule has 1 heterocycles. The molecule has 0 saturated heterocycles. The van der Waals surface area contributed by atoms with Crippen molar-refractivity contribution in [3.05, 3.63) is 63.9 Å². The Bertz CT molecular complexity index is 701. The molecule has 2 aromatic carbocycles. The summed E-state index contributed by atoms with van der Waals surface area (Å²) in [6, 6.07) is 11.5. The van der Waals surface area contributed by atoms with E-state index in [0.29, 0.717) is 22.5 Å². The number of aliphatic imine (C=N–C) groups is 1. The van der Waals surface area contributed by atoms with E-state index < -0.39 is 0 Å². The largest absolute Gasteiger partial charge is 0.369 e. The molecule has 1 unspecified atom stereocenters. The maximum absolute atomic E-state index is 13.1. The number of anilines is 1. The molecule has 0 aliphatic carbocycles. The van der Waals surface area contributed by atoms with E-state index >= 15 is 0 Å². The van der Waals surface area contributed by atoms with Gasteiger partial charge in [0.05, 0.1) is 22.6 Å². The summed E-state index contributed by atoms with van der Waals surface area (Å²) in [6.45, 7) is 0.515. The molecule has 0 aromatic heterocycles. The Morgan fingerprint density at radius 3 is 2.48 bits per heavy atom. The van der Waals surface area contributed by atoms with Crippen LogP contribution in [-0.2, 0) is 0 Å². The topological polar surface area (TPSA) is 41.6 Å². The Labute approximate surface area is 131 Å². The second-order valence-electron chi connectivity index (χ2n) is 4.73. The number of nitrogens with two attached hydrogens (primary N) is 1. The molecular formula is C15H12Cl2FN3. The number of halogens is 3. The highest BCUT2D eigenvalue weighted by Crippen LogP contribution is 2.34. The second-order valence-corrected chi connectivity index (χ2v) is 5.55. The highest BCUT2D eigenvalue weighted by Gasteiger charge is 2.29. The SMILES string of the molecule is NC1=NCC(c2ccc(Cl)c(Cl)c2)N1c1ccc(F)cc1. The summed E-state index contributed by atoms with van der Waals surface area (Å²) in [4.78, 5) is 6.14. The van der Waals surface area contributed by atoms with Gasteiger partial charge >= 0.3 is 0 Å². The zero-order valence-electron chi connectivity index (χ0n) is 10.9. The van der Waals surface area contributed by atoms with Crippen molar-refractivity contribution in [3.63, 3.8) is 0 Å². The fourth-order valence-electron chi connectivity index (χ4n) is 2.39. The summed E-state index contributed by atoms with van der Waals surface area (Å²) < 4.78 is 13.1. The van der Waals surface area contributed by atoms with Crippen molar-refractivity contribution >= 4 is 34.8 Å². The van der Waals surface area contributed by atoms with E-state index in [-0.39, 0.29) is 11.9 Å². The lowest BCUT2D eigenvalue weighted by atomic mass is 10.1. The van der Waals surface area contributed by atoms with E-state index in [1.54, 1.807) is 24.3 Å². The van der Waals surface area contributed by atoms with Gasteiger partial charge in [0.1, 0.15) is 5.82 Å². The number of hydrogen-bond donors (Lipinski definition) is 1. The molecule has 0 amide bonds. The fraction of sp³-hybridized carbons (Fsp3) is 0.133. The minimum atomic E-state index is -0.292. The van der Waals surface area contributed by atoms with E-state index in [2.05, 4.69) is 4.99 Å². The van der Waals surface area contributed by atoms with E-state index in [9.17, 15) is 4.39 Å². The monoisotopic (exact) mass is 323 g/mol. The van der Waals surface area contributed by atoms with Crippen LogP contribution in [0.3, 0.4) is 0 Å². The first-order valence-electron chi connectivity index (χ1n) is 6.36. The second kappa shape index (κ2) is 5.54. The first-order valence-corrected chi connectivity index (χ1v) is 7.11. The summed E-state index contributed by atoms with van der Waals surface area (Å²) in [7, 11) is 0. The zero-order valence-corrected chi connectivity index (χ0v) is 12.4. The molecule has 0 saturated carbocycles. The normalized spacial score (nSPS) is 18.0. The molecule has 2 N–H and O–H groups in total. The van der Waals surface area contributed by atoms with Crippen LogP contribution in [0.4, 0.5) is 10.1 Å². The summed E-state index contributed by atoms with van der Waals surface area (Å²) in [5.41, 5.74) is 7.71. The molecule has 1 aliphatic rings. The van der Waals surface area contributed by atoms with E-state index in [1.165, 1.54) is 12.1 Å². The van der Waals surface area contributed by atoms with E-state index in [0.717, 1.165) is 11.3 Å². The van der Waals surface area contributed by atoms with Gasteiger partial charge in [0.15, 0.2) is 5.96 Å². The first kappa shape index (κ1) is 14.2. The van der Waals surface area contributed by atoms with Gasteiger partial charge in [0.2, 0.25) is 0 Å². The van der Waals surface area contributed by atoms with Crippen molar-refractivity contribution in [1.82, 2.24) is 0 Å². The van der Waals surface area contributed by atoms with Crippen molar-refractivity contribution < 1.29 is 4.39 Å². The van der Waals surface area contributed by atoms with Crippen LogP contribution in [0, 0.1) is 5.82 Å². The minimum absolute atomic E-state index is 0.0785. The molecule has 0 spiro atoms. The van der Waals surface area contributed by atoms with Gasteiger partial charge in [-0.3, -0.25) is 4.99 Å². The van der Waals surface area contributed by atoms with Crippen LogP contribution in [0.5, 0.6) is 0 Å². The van der Waals surface area contributed by atoms with Gasteiger partial charge in [0.25, 0.3) is 0 Å². The molecule has 2 aromatic rings. The summed E-state index contributed by atoms with van der Waals surface area (Å²) in [6.07, 6.45) is 0. The lowest BCUT2D eigenvalue weighted by Gasteiger charge is -2.26. The van der Waals surface area contributed by atoms with Crippen molar-refractivity contribution in [2.45, 2.75) is 6.04 Å². The Hall–Kier alpha value is -1.78. The van der Waals surface area contributed by atoms with Gasteiger partial charge < -0.3 is 10.6 Å². The van der Waals surface area contributed by atoms with Crippen molar-refractivity contribution in [3.8, 4) is 0 Å². The van der Waals surface area contributed by atoms with Crippen molar-refractivity contribution in [2.24, 2.45) is 10.7 Å². The maximum Gasteiger partial charge on any atom is 0.196 e. The van der Waals surface area contributed by atoms with Gasteiger partial charge in [-0.05, 0) is 42.0 Å². The quantitative estimate of drug-likeness (QED) is 0.907. The molecule has 3 rings (SSSR count). The van der Waals surface area contributed by atoms with Crippen LogP contribution in [-0.4, -0.2) is 12.5 Å². The molecule has 1 atom stereocenters. The summed E-state index contributed by atoms with van der Waals surface area (Å²) in [5.74, 6) is 0.109. The molecule has 1 aliphatic heterocycles. The highest BCUT2D eigenvalue weighted by molar-refractivity contribution is 6.42. The smallest absolute Gasteiger partial charge is 0.196 e. The van der Waals surface area contributed by atoms with Crippen LogP contribution in [0.15, 0.2) is 47.5 Å². The lowest BCUT2D eigenvalue weighted by Crippen LogP contribution is -2.36. The third-order valence-electron chi connectivity index (χ3n) is 3.42. The van der Waals surface area contributed by atoms with Gasteiger partial charge in [0, 0.05) is 5.69 Å². The number of guanidine groups is 1. The number of rotatable bonds is 2. The molecule has 6 heteroatoms. The van der Waals surface area contributed by atoms with Crippen LogP contribution in [0.25, 0.3) is 0 Å². The highest BCUT2D eigenvalue weighted by atomic mass is 35.5. The fourth-order valence-corrected chi connectivity index (χ4v) is 2.69. The molecule has 108 valence electrons. The third-order valence-corrected chi connectivity index (χ3v) is 4.16. The Balaban J connectivity index is 1.98. The molecule has 3 nitrogen and oxygen atoms in total. The van der Waals surface area contributed by atoms with Gasteiger partial charge in [-0.1, -0.05) is 29.3 Å². The van der Waals surface area contributed by atoms with Crippen LogP contribution >= 0.6 is 23.2 Å². The predicted octanol–water partition coefficient (Wildman–Crippen LogP) is 4.01. The minimum Gasteiger partial charge on any atom is -0.369 e. The van der Waals surface area contributed by atoms with E-state index in [1.807, 2.05) is 11.0 Å². The molecule has 21 heavy (non-hydrogen) atoms.